The maximum Gasteiger partial charge on any atom is 0.253 e. The van der Waals surface area contributed by atoms with Crippen molar-refractivity contribution in [2.45, 2.75) is 26.3 Å². The molecule has 1 aliphatic heterocycles. The first-order chi connectivity index (χ1) is 7.39. The summed E-state index contributed by atoms with van der Waals surface area (Å²) in [7, 11) is 0. The second-order valence-electron chi connectivity index (χ2n) is 5.11. The minimum atomic E-state index is -0.199. The molecule has 3 heteroatoms. The van der Waals surface area contributed by atoms with Gasteiger partial charge in [-0.15, -0.1) is 0 Å². The molecule has 2 N–H and O–H groups in total. The number of hydrogen-bond acceptors (Lipinski definition) is 2. The van der Waals surface area contributed by atoms with Gasteiger partial charge < -0.3 is 10.6 Å². The van der Waals surface area contributed by atoms with Gasteiger partial charge in [-0.05, 0) is 44.0 Å². The van der Waals surface area contributed by atoms with E-state index in [1.807, 2.05) is 39.0 Å². The van der Waals surface area contributed by atoms with Crippen LogP contribution in [0.4, 0.5) is 0 Å². The van der Waals surface area contributed by atoms with Crippen LogP contribution in [0, 0.1) is 13.8 Å². The third-order valence-electron chi connectivity index (χ3n) is 3.15. The number of amides is 1. The zero-order valence-corrected chi connectivity index (χ0v) is 10.1. The van der Waals surface area contributed by atoms with E-state index in [9.17, 15) is 4.79 Å². The average Bonchev–Trinajstić information content (AvgIpc) is 2.17. The van der Waals surface area contributed by atoms with Crippen LogP contribution in [0.1, 0.15) is 28.4 Å². The molecular formula is C13H18N2O. The van der Waals surface area contributed by atoms with E-state index in [1.165, 1.54) is 5.56 Å². The van der Waals surface area contributed by atoms with Gasteiger partial charge in [0.2, 0.25) is 0 Å². The van der Waals surface area contributed by atoms with Crippen molar-refractivity contribution in [3.63, 3.8) is 0 Å². The van der Waals surface area contributed by atoms with Crippen LogP contribution in [0.2, 0.25) is 0 Å². The van der Waals surface area contributed by atoms with Gasteiger partial charge in [0, 0.05) is 24.2 Å². The predicted octanol–water partition coefficient (Wildman–Crippen LogP) is 1.48. The molecule has 1 heterocycles. The lowest BCUT2D eigenvalue weighted by Crippen LogP contribution is -2.66. The van der Waals surface area contributed by atoms with Gasteiger partial charge >= 0.3 is 0 Å². The standard InChI is InChI=1S/C13H18N2O/c1-9-4-5-11(6-10(9)2)12(16)15-7-13(3,14)8-15/h4-6H,7-8,14H2,1-3H3. The van der Waals surface area contributed by atoms with Crippen molar-refractivity contribution in [1.29, 1.82) is 0 Å². The zero-order chi connectivity index (χ0) is 11.9. The van der Waals surface area contributed by atoms with Gasteiger partial charge in [0.15, 0.2) is 0 Å². The first-order valence-corrected chi connectivity index (χ1v) is 5.54. The second kappa shape index (κ2) is 3.59. The van der Waals surface area contributed by atoms with Gasteiger partial charge in [-0.2, -0.15) is 0 Å². The summed E-state index contributed by atoms with van der Waals surface area (Å²) in [5, 5.41) is 0. The fourth-order valence-electron chi connectivity index (χ4n) is 2.03. The Morgan fingerprint density at radius 2 is 1.94 bits per heavy atom. The van der Waals surface area contributed by atoms with E-state index in [1.54, 1.807) is 4.90 Å². The van der Waals surface area contributed by atoms with E-state index in [0.29, 0.717) is 13.1 Å². The molecule has 1 aromatic rings. The highest BCUT2D eigenvalue weighted by Crippen LogP contribution is 2.21. The summed E-state index contributed by atoms with van der Waals surface area (Å²) >= 11 is 0. The third kappa shape index (κ3) is 1.95. The largest absolute Gasteiger partial charge is 0.335 e. The normalized spacial score (nSPS) is 18.1. The molecule has 1 fully saturated rings. The highest BCUT2D eigenvalue weighted by atomic mass is 16.2. The lowest BCUT2D eigenvalue weighted by atomic mass is 9.92. The lowest BCUT2D eigenvalue weighted by Gasteiger charge is -2.45. The number of carbonyl (C=O) groups is 1. The number of nitrogens with two attached hydrogens (primary N) is 1. The first-order valence-electron chi connectivity index (χ1n) is 5.54. The average molecular weight is 218 g/mol. The number of nitrogens with zero attached hydrogens (tertiary/aromatic N) is 1. The molecule has 0 aromatic heterocycles. The van der Waals surface area contributed by atoms with Crippen LogP contribution in [0.25, 0.3) is 0 Å². The van der Waals surface area contributed by atoms with Gasteiger partial charge in [-0.25, -0.2) is 0 Å². The van der Waals surface area contributed by atoms with E-state index in [4.69, 9.17) is 5.73 Å². The van der Waals surface area contributed by atoms with Crippen molar-refractivity contribution in [1.82, 2.24) is 4.90 Å². The maximum absolute atomic E-state index is 12.0. The van der Waals surface area contributed by atoms with Gasteiger partial charge in [0.05, 0.1) is 0 Å². The summed E-state index contributed by atoms with van der Waals surface area (Å²) in [5.74, 6) is 0.0889. The Bertz CT molecular complexity index is 430. The predicted molar refractivity (Wildman–Crippen MR) is 64.4 cm³/mol. The van der Waals surface area contributed by atoms with E-state index in [-0.39, 0.29) is 11.4 Å². The number of hydrogen-bond donors (Lipinski definition) is 1. The SMILES string of the molecule is Cc1ccc(C(=O)N2CC(C)(N)C2)cc1C. The number of carbonyl (C=O) groups excluding carboxylic acids is 1. The van der Waals surface area contributed by atoms with Crippen molar-refractivity contribution in [2.75, 3.05) is 13.1 Å². The molecule has 0 unspecified atom stereocenters. The molecule has 86 valence electrons. The van der Waals surface area contributed by atoms with E-state index < -0.39 is 0 Å². The van der Waals surface area contributed by atoms with Gasteiger partial charge in [0.25, 0.3) is 5.91 Å². The molecule has 0 radical (unpaired) electrons. The molecular weight excluding hydrogens is 200 g/mol. The van der Waals surface area contributed by atoms with Crippen molar-refractivity contribution >= 4 is 5.91 Å². The van der Waals surface area contributed by atoms with E-state index >= 15 is 0 Å². The Hall–Kier alpha value is -1.35. The molecule has 3 nitrogen and oxygen atoms in total. The molecule has 0 aliphatic carbocycles. The summed E-state index contributed by atoms with van der Waals surface area (Å²) in [6.07, 6.45) is 0. The molecule has 0 bridgehead atoms. The monoisotopic (exact) mass is 218 g/mol. The third-order valence-corrected chi connectivity index (χ3v) is 3.15. The van der Waals surface area contributed by atoms with Crippen LogP contribution in [-0.4, -0.2) is 29.4 Å². The summed E-state index contributed by atoms with van der Waals surface area (Å²) in [6.45, 7) is 7.34. The lowest BCUT2D eigenvalue weighted by molar-refractivity contribution is 0.0453. The number of rotatable bonds is 1. The summed E-state index contributed by atoms with van der Waals surface area (Å²) < 4.78 is 0. The Morgan fingerprint density at radius 3 is 2.44 bits per heavy atom. The number of likely N-dealkylation sites (tertiary alicyclic amines) is 1. The molecule has 1 aliphatic rings. The quantitative estimate of drug-likeness (QED) is 0.776. The fourth-order valence-corrected chi connectivity index (χ4v) is 2.03. The Kier molecular flexibility index (Phi) is 2.50. The van der Waals surface area contributed by atoms with Crippen molar-refractivity contribution < 1.29 is 4.79 Å². The van der Waals surface area contributed by atoms with Crippen LogP contribution in [0.5, 0.6) is 0 Å². The fraction of sp³-hybridized carbons (Fsp3) is 0.462. The minimum Gasteiger partial charge on any atom is -0.335 e. The minimum absolute atomic E-state index is 0.0889. The topological polar surface area (TPSA) is 46.3 Å². The molecule has 1 amide bonds. The highest BCUT2D eigenvalue weighted by Gasteiger charge is 2.38. The van der Waals surface area contributed by atoms with E-state index in [0.717, 1.165) is 11.1 Å². The maximum atomic E-state index is 12.0. The molecule has 0 atom stereocenters. The van der Waals surface area contributed by atoms with Crippen molar-refractivity contribution in [3.05, 3.63) is 34.9 Å². The van der Waals surface area contributed by atoms with Gasteiger partial charge in [0.1, 0.15) is 0 Å². The summed E-state index contributed by atoms with van der Waals surface area (Å²) in [4.78, 5) is 13.8. The Balaban J connectivity index is 2.13. The molecule has 1 aromatic carbocycles. The molecule has 2 rings (SSSR count). The Labute approximate surface area is 96.2 Å². The number of benzene rings is 1. The van der Waals surface area contributed by atoms with Gasteiger partial charge in [-0.1, -0.05) is 6.07 Å². The smallest absolute Gasteiger partial charge is 0.253 e. The first kappa shape index (κ1) is 11.1. The molecule has 16 heavy (non-hydrogen) atoms. The van der Waals surface area contributed by atoms with Crippen LogP contribution >= 0.6 is 0 Å². The Morgan fingerprint density at radius 1 is 1.31 bits per heavy atom. The summed E-state index contributed by atoms with van der Waals surface area (Å²) in [6, 6.07) is 5.82. The van der Waals surface area contributed by atoms with Crippen molar-refractivity contribution in [3.8, 4) is 0 Å². The van der Waals surface area contributed by atoms with Crippen LogP contribution in [0.15, 0.2) is 18.2 Å². The van der Waals surface area contributed by atoms with Crippen molar-refractivity contribution in [2.24, 2.45) is 5.73 Å². The molecule has 1 saturated heterocycles. The van der Waals surface area contributed by atoms with Crippen LogP contribution in [0.3, 0.4) is 0 Å². The summed E-state index contributed by atoms with van der Waals surface area (Å²) in [5.41, 5.74) is 8.82. The highest BCUT2D eigenvalue weighted by molar-refractivity contribution is 5.95. The molecule has 0 spiro atoms. The van der Waals surface area contributed by atoms with Crippen LogP contribution < -0.4 is 5.73 Å². The number of aryl methyl sites for hydroxylation is 2. The van der Waals surface area contributed by atoms with E-state index in [2.05, 4.69) is 0 Å². The molecule has 0 saturated carbocycles. The van der Waals surface area contributed by atoms with Gasteiger partial charge in [-0.3, -0.25) is 4.79 Å². The zero-order valence-electron chi connectivity index (χ0n) is 10.1. The van der Waals surface area contributed by atoms with Crippen LogP contribution in [-0.2, 0) is 0 Å². The second-order valence-corrected chi connectivity index (χ2v) is 5.11.